The van der Waals surface area contributed by atoms with Crippen molar-refractivity contribution in [2.75, 3.05) is 0 Å². The molecule has 1 aromatic heterocycles. The third-order valence-electron chi connectivity index (χ3n) is 2.75. The van der Waals surface area contributed by atoms with Crippen molar-refractivity contribution in [1.29, 1.82) is 0 Å². The Balaban J connectivity index is 2.37. The number of benzene rings is 1. The van der Waals surface area contributed by atoms with Crippen LogP contribution in [-0.2, 0) is 6.54 Å². The molecule has 0 saturated heterocycles. The average Bonchev–Trinajstić information content (AvgIpc) is 2.45. The molecule has 4 N–H and O–H groups in total. The van der Waals surface area contributed by atoms with Crippen LogP contribution < -0.4 is 22.5 Å². The summed E-state index contributed by atoms with van der Waals surface area (Å²) in [5.41, 5.74) is 2.20. The number of nitrogens with zero attached hydrogens (tertiary/aromatic N) is 1. The van der Waals surface area contributed by atoms with Crippen LogP contribution in [0, 0.1) is 0 Å². The molecule has 1 amide bonds. The van der Waals surface area contributed by atoms with E-state index >= 15 is 0 Å². The number of amides is 1. The first-order chi connectivity index (χ1) is 9.92. The summed E-state index contributed by atoms with van der Waals surface area (Å²) in [4.78, 5) is 36.6. The number of hydrogen-bond acceptors (Lipinski definition) is 4. The summed E-state index contributed by atoms with van der Waals surface area (Å²) in [6.07, 6.45) is 1.41. The van der Waals surface area contributed by atoms with Crippen molar-refractivity contribution >= 4 is 37.8 Å². The van der Waals surface area contributed by atoms with Gasteiger partial charge in [0, 0.05) is 16.2 Å². The SMILES string of the molecule is NNC(=O)c1ccc(Cn2cc(Br)c(=O)[nH]c2=O)c(Br)c1. The van der Waals surface area contributed by atoms with Crippen molar-refractivity contribution in [2.45, 2.75) is 6.54 Å². The molecule has 0 aliphatic heterocycles. The molecule has 7 nitrogen and oxygen atoms in total. The first kappa shape index (κ1) is 15.7. The van der Waals surface area contributed by atoms with Gasteiger partial charge < -0.3 is 0 Å². The Bertz CT molecular complexity index is 813. The number of nitrogens with one attached hydrogen (secondary N) is 2. The number of aromatic nitrogens is 2. The summed E-state index contributed by atoms with van der Waals surface area (Å²) >= 11 is 6.41. The van der Waals surface area contributed by atoms with E-state index in [1.807, 2.05) is 5.43 Å². The fraction of sp³-hybridized carbons (Fsp3) is 0.0833. The number of carbonyl (C=O) groups excluding carboxylic acids is 1. The summed E-state index contributed by atoms with van der Waals surface area (Å²) in [5.74, 6) is 4.66. The lowest BCUT2D eigenvalue weighted by molar-refractivity contribution is 0.0953. The van der Waals surface area contributed by atoms with Gasteiger partial charge in [0.05, 0.1) is 11.0 Å². The second kappa shape index (κ2) is 6.37. The maximum Gasteiger partial charge on any atom is 0.328 e. The lowest BCUT2D eigenvalue weighted by Gasteiger charge is -2.09. The van der Waals surface area contributed by atoms with Crippen molar-refractivity contribution in [1.82, 2.24) is 15.0 Å². The third kappa shape index (κ3) is 3.49. The minimum Gasteiger partial charge on any atom is -0.295 e. The molecule has 2 aromatic rings. The Morgan fingerprint density at radius 2 is 2.00 bits per heavy atom. The highest BCUT2D eigenvalue weighted by Crippen LogP contribution is 2.19. The standard InChI is InChI=1S/C12H10Br2N4O3/c13-8-3-6(10(19)17-15)1-2-7(8)4-18-5-9(14)11(20)16-12(18)21/h1-3,5H,4,15H2,(H,17,19)(H,16,20,21). The van der Waals surface area contributed by atoms with Gasteiger partial charge in [-0.1, -0.05) is 22.0 Å². The first-order valence-corrected chi connectivity index (χ1v) is 7.29. The van der Waals surface area contributed by atoms with Crippen LogP contribution in [0.15, 0.2) is 42.9 Å². The number of nitrogens with two attached hydrogens (primary N) is 1. The van der Waals surface area contributed by atoms with E-state index in [0.29, 0.717) is 10.0 Å². The highest BCUT2D eigenvalue weighted by molar-refractivity contribution is 9.10. The van der Waals surface area contributed by atoms with Crippen molar-refractivity contribution < 1.29 is 4.79 Å². The Morgan fingerprint density at radius 3 is 2.62 bits per heavy atom. The number of nitrogen functional groups attached to an aromatic ring is 1. The van der Waals surface area contributed by atoms with Crippen molar-refractivity contribution in [2.24, 2.45) is 5.84 Å². The summed E-state index contributed by atoms with van der Waals surface area (Å²) in [6.45, 7) is 0.235. The second-order valence-corrected chi connectivity index (χ2v) is 5.85. The second-order valence-electron chi connectivity index (χ2n) is 4.14. The molecule has 0 radical (unpaired) electrons. The van der Waals surface area contributed by atoms with Gasteiger partial charge in [-0.3, -0.25) is 24.6 Å². The monoisotopic (exact) mass is 416 g/mol. The predicted octanol–water partition coefficient (Wildman–Crippen LogP) is 0.713. The lowest BCUT2D eigenvalue weighted by atomic mass is 10.1. The Labute approximate surface area is 135 Å². The predicted molar refractivity (Wildman–Crippen MR) is 83.9 cm³/mol. The molecule has 0 saturated carbocycles. The quantitative estimate of drug-likeness (QED) is 0.388. The van der Waals surface area contributed by atoms with Crippen molar-refractivity contribution in [3.63, 3.8) is 0 Å². The minimum absolute atomic E-state index is 0.235. The molecule has 1 aromatic carbocycles. The van der Waals surface area contributed by atoms with Crippen LogP contribution >= 0.6 is 31.9 Å². The zero-order valence-electron chi connectivity index (χ0n) is 10.5. The number of carbonyl (C=O) groups is 1. The van der Waals surface area contributed by atoms with Crippen LogP contribution in [0.3, 0.4) is 0 Å². The Kier molecular flexibility index (Phi) is 4.76. The number of rotatable bonds is 3. The maximum atomic E-state index is 11.7. The molecule has 0 atom stereocenters. The summed E-state index contributed by atoms with van der Waals surface area (Å²) in [7, 11) is 0. The van der Waals surface area contributed by atoms with Crippen LogP contribution in [0.2, 0.25) is 0 Å². The molecule has 0 unspecified atom stereocenters. The Hall–Kier alpha value is -1.71. The number of hydrazine groups is 1. The van der Waals surface area contributed by atoms with Gasteiger partial charge in [0.25, 0.3) is 11.5 Å². The van der Waals surface area contributed by atoms with E-state index in [1.54, 1.807) is 18.2 Å². The molecule has 0 aliphatic carbocycles. The topological polar surface area (TPSA) is 110 Å². The maximum absolute atomic E-state index is 11.7. The highest BCUT2D eigenvalue weighted by Gasteiger charge is 2.09. The van der Waals surface area contributed by atoms with Crippen molar-refractivity contribution in [3.8, 4) is 0 Å². The molecule has 9 heteroatoms. The molecule has 0 fully saturated rings. The highest BCUT2D eigenvalue weighted by atomic mass is 79.9. The van der Waals surface area contributed by atoms with E-state index in [4.69, 9.17) is 5.84 Å². The largest absolute Gasteiger partial charge is 0.328 e. The molecule has 0 spiro atoms. The fourth-order valence-corrected chi connectivity index (χ4v) is 2.53. The smallest absolute Gasteiger partial charge is 0.295 e. The number of H-pyrrole nitrogens is 1. The van der Waals surface area contributed by atoms with Gasteiger partial charge in [-0.05, 0) is 33.6 Å². The van der Waals surface area contributed by atoms with Crippen LogP contribution in [-0.4, -0.2) is 15.5 Å². The molecular weight excluding hydrogens is 408 g/mol. The third-order valence-corrected chi connectivity index (χ3v) is 4.06. The summed E-state index contributed by atoms with van der Waals surface area (Å²) in [5, 5.41) is 0. The minimum atomic E-state index is -0.515. The molecule has 21 heavy (non-hydrogen) atoms. The zero-order chi connectivity index (χ0) is 15.6. The number of halogens is 2. The van der Waals surface area contributed by atoms with Gasteiger partial charge in [0.1, 0.15) is 0 Å². The van der Waals surface area contributed by atoms with Gasteiger partial charge >= 0.3 is 5.69 Å². The molecule has 110 valence electrons. The van der Waals surface area contributed by atoms with E-state index in [2.05, 4.69) is 36.8 Å². The normalized spacial score (nSPS) is 10.4. The molecule has 0 aliphatic rings. The Morgan fingerprint density at radius 1 is 1.29 bits per heavy atom. The van der Waals surface area contributed by atoms with Crippen LogP contribution in [0.4, 0.5) is 0 Å². The lowest BCUT2D eigenvalue weighted by Crippen LogP contribution is -2.30. The van der Waals surface area contributed by atoms with Crippen LogP contribution in [0.5, 0.6) is 0 Å². The van der Waals surface area contributed by atoms with Crippen LogP contribution in [0.1, 0.15) is 15.9 Å². The van der Waals surface area contributed by atoms with Crippen LogP contribution in [0.25, 0.3) is 0 Å². The number of hydrogen-bond donors (Lipinski definition) is 3. The van der Waals surface area contributed by atoms with Crippen molar-refractivity contribution in [3.05, 3.63) is 65.3 Å². The molecule has 1 heterocycles. The van der Waals surface area contributed by atoms with E-state index in [0.717, 1.165) is 5.56 Å². The van der Waals surface area contributed by atoms with E-state index < -0.39 is 17.2 Å². The fourth-order valence-electron chi connectivity index (χ4n) is 1.68. The first-order valence-electron chi connectivity index (χ1n) is 5.71. The van der Waals surface area contributed by atoms with Gasteiger partial charge in [-0.25, -0.2) is 10.6 Å². The molecule has 0 bridgehead atoms. The van der Waals surface area contributed by atoms with Gasteiger partial charge in [0.2, 0.25) is 0 Å². The zero-order valence-corrected chi connectivity index (χ0v) is 13.7. The summed E-state index contributed by atoms with van der Waals surface area (Å²) < 4.78 is 2.25. The van der Waals surface area contributed by atoms with Gasteiger partial charge in [-0.15, -0.1) is 0 Å². The summed E-state index contributed by atoms with van der Waals surface area (Å²) in [6, 6.07) is 4.89. The average molecular weight is 418 g/mol. The molecule has 2 rings (SSSR count). The van der Waals surface area contributed by atoms with E-state index in [9.17, 15) is 14.4 Å². The van der Waals surface area contributed by atoms with E-state index in [-0.39, 0.29) is 11.0 Å². The van der Waals surface area contributed by atoms with Gasteiger partial charge in [0.15, 0.2) is 0 Å². The molecular formula is C12H10Br2N4O3. The van der Waals surface area contributed by atoms with E-state index in [1.165, 1.54) is 10.8 Å². The van der Waals surface area contributed by atoms with Gasteiger partial charge in [-0.2, -0.15) is 0 Å². The number of aromatic amines is 1.